The third-order valence-corrected chi connectivity index (χ3v) is 5.96. The van der Waals surface area contributed by atoms with Gasteiger partial charge in [0.1, 0.15) is 0 Å². The quantitative estimate of drug-likeness (QED) is 0.543. The maximum absolute atomic E-state index is 12.3. The summed E-state index contributed by atoms with van der Waals surface area (Å²) in [6, 6.07) is 5.68. The van der Waals surface area contributed by atoms with E-state index >= 15 is 0 Å². The van der Waals surface area contributed by atoms with E-state index in [-0.39, 0.29) is 23.7 Å². The molecule has 2 heterocycles. The normalized spacial score (nSPS) is 16.3. The van der Waals surface area contributed by atoms with Crippen LogP contribution in [0.5, 0.6) is 0 Å². The first kappa shape index (κ1) is 19.8. The Hall–Kier alpha value is -1.97. The molecule has 9 heteroatoms. The van der Waals surface area contributed by atoms with Crippen molar-refractivity contribution >= 4 is 40.0 Å². The summed E-state index contributed by atoms with van der Waals surface area (Å²) in [5, 5.41) is 14.0. The molecule has 2 amide bonds. The van der Waals surface area contributed by atoms with Crippen LogP contribution in [0, 0.1) is 13.8 Å². The lowest BCUT2D eigenvalue weighted by atomic mass is 10.1. The first-order chi connectivity index (χ1) is 13.0. The molecule has 1 aliphatic rings. The summed E-state index contributed by atoms with van der Waals surface area (Å²) in [6.45, 7) is 5.23. The zero-order chi connectivity index (χ0) is 19.2. The van der Waals surface area contributed by atoms with Crippen molar-refractivity contribution in [1.29, 1.82) is 0 Å². The molecule has 144 valence electrons. The predicted octanol–water partition coefficient (Wildman–Crippen LogP) is 2.79. The van der Waals surface area contributed by atoms with Crippen molar-refractivity contribution in [3.8, 4) is 0 Å². The molecule has 1 fully saturated rings. The molecule has 1 aliphatic heterocycles. The van der Waals surface area contributed by atoms with Crippen LogP contribution in [0.4, 0.5) is 5.13 Å². The Morgan fingerprint density at radius 2 is 2.04 bits per heavy atom. The van der Waals surface area contributed by atoms with E-state index < -0.39 is 0 Å². The Balaban J connectivity index is 1.46. The lowest BCUT2D eigenvalue weighted by Crippen LogP contribution is -2.32. The van der Waals surface area contributed by atoms with Crippen LogP contribution in [0.2, 0.25) is 0 Å². The van der Waals surface area contributed by atoms with Gasteiger partial charge in [0.25, 0.3) is 5.91 Å². The molecule has 0 aliphatic carbocycles. The Morgan fingerprint density at radius 3 is 2.74 bits per heavy atom. The number of nitrogens with zero attached hydrogens (tertiary/aromatic N) is 2. The van der Waals surface area contributed by atoms with E-state index in [4.69, 9.17) is 4.74 Å². The molecule has 0 saturated carbocycles. The van der Waals surface area contributed by atoms with Crippen LogP contribution in [0.1, 0.15) is 34.3 Å². The van der Waals surface area contributed by atoms with Gasteiger partial charge in [0.05, 0.1) is 11.9 Å². The fourth-order valence-electron chi connectivity index (χ4n) is 2.80. The van der Waals surface area contributed by atoms with Gasteiger partial charge >= 0.3 is 0 Å². The molecule has 3 rings (SSSR count). The van der Waals surface area contributed by atoms with Crippen molar-refractivity contribution in [2.45, 2.75) is 37.1 Å². The molecule has 0 unspecified atom stereocenters. The van der Waals surface area contributed by atoms with E-state index in [0.717, 1.165) is 30.6 Å². The maximum Gasteiger partial charge on any atom is 0.257 e. The number of aromatic nitrogens is 2. The number of nitrogens with one attached hydrogen (secondary N) is 2. The zero-order valence-electron chi connectivity index (χ0n) is 15.3. The minimum Gasteiger partial charge on any atom is -0.376 e. The fourth-order valence-corrected chi connectivity index (χ4v) is 4.38. The van der Waals surface area contributed by atoms with Crippen molar-refractivity contribution < 1.29 is 14.3 Å². The van der Waals surface area contributed by atoms with Crippen molar-refractivity contribution in [1.82, 2.24) is 15.5 Å². The highest BCUT2D eigenvalue weighted by atomic mass is 32.2. The van der Waals surface area contributed by atoms with Gasteiger partial charge in [-0.05, 0) is 38.8 Å². The SMILES string of the molecule is Cc1cc(C)cc(C(=O)Nc2nnc(SCC(=O)NC[C@H]3CCCO3)s2)c1. The van der Waals surface area contributed by atoms with E-state index in [1.807, 2.05) is 32.0 Å². The molecule has 7 nitrogen and oxygen atoms in total. The largest absolute Gasteiger partial charge is 0.376 e. The number of amides is 2. The second-order valence-electron chi connectivity index (χ2n) is 6.43. The first-order valence-corrected chi connectivity index (χ1v) is 10.5. The molecule has 1 aromatic carbocycles. The van der Waals surface area contributed by atoms with Crippen molar-refractivity contribution in [2.75, 3.05) is 24.2 Å². The molecular formula is C18H22N4O3S2. The zero-order valence-corrected chi connectivity index (χ0v) is 16.9. The lowest BCUT2D eigenvalue weighted by Gasteiger charge is -2.09. The van der Waals surface area contributed by atoms with Crippen LogP contribution in [0.25, 0.3) is 0 Å². The number of rotatable bonds is 7. The van der Waals surface area contributed by atoms with E-state index in [9.17, 15) is 9.59 Å². The number of anilines is 1. The van der Waals surface area contributed by atoms with Gasteiger partial charge in [-0.2, -0.15) is 0 Å². The van der Waals surface area contributed by atoms with Crippen LogP contribution in [0.15, 0.2) is 22.5 Å². The predicted molar refractivity (Wildman–Crippen MR) is 106 cm³/mol. The average molecular weight is 407 g/mol. The number of thioether (sulfide) groups is 1. The van der Waals surface area contributed by atoms with Crippen LogP contribution in [-0.4, -0.2) is 47.0 Å². The Kier molecular flexibility index (Phi) is 6.81. The van der Waals surface area contributed by atoms with E-state index in [0.29, 0.717) is 21.6 Å². The summed E-state index contributed by atoms with van der Waals surface area (Å²) < 4.78 is 6.11. The summed E-state index contributed by atoms with van der Waals surface area (Å²) in [5.41, 5.74) is 2.65. The van der Waals surface area contributed by atoms with Crippen LogP contribution < -0.4 is 10.6 Å². The topological polar surface area (TPSA) is 93.2 Å². The number of hydrogen-bond acceptors (Lipinski definition) is 7. The summed E-state index contributed by atoms with van der Waals surface area (Å²) in [6.07, 6.45) is 2.18. The summed E-state index contributed by atoms with van der Waals surface area (Å²) >= 11 is 2.55. The van der Waals surface area contributed by atoms with E-state index in [2.05, 4.69) is 20.8 Å². The standard InChI is InChI=1S/C18H22N4O3S2/c1-11-6-12(2)8-13(7-11)16(24)20-17-21-22-18(27-17)26-10-15(23)19-9-14-4-3-5-25-14/h6-8,14H,3-5,9-10H2,1-2H3,(H,19,23)(H,20,21,24)/t14-/m1/s1. The monoisotopic (exact) mass is 406 g/mol. The van der Waals surface area contributed by atoms with Crippen molar-refractivity contribution in [3.63, 3.8) is 0 Å². The third-order valence-electron chi connectivity index (χ3n) is 3.99. The highest BCUT2D eigenvalue weighted by Gasteiger charge is 2.17. The number of ether oxygens (including phenoxy) is 1. The number of hydrogen-bond donors (Lipinski definition) is 2. The molecule has 0 spiro atoms. The highest BCUT2D eigenvalue weighted by molar-refractivity contribution is 8.01. The molecular weight excluding hydrogens is 384 g/mol. The average Bonchev–Trinajstić information content (AvgIpc) is 3.29. The number of carbonyl (C=O) groups excluding carboxylic acids is 2. The Bertz CT molecular complexity index is 798. The Labute approximate surface area is 166 Å². The van der Waals surface area contributed by atoms with Gasteiger partial charge in [0.2, 0.25) is 11.0 Å². The maximum atomic E-state index is 12.3. The van der Waals surface area contributed by atoms with Crippen molar-refractivity contribution in [2.24, 2.45) is 0 Å². The van der Waals surface area contributed by atoms with E-state index in [1.165, 1.54) is 23.1 Å². The second-order valence-corrected chi connectivity index (χ2v) is 8.63. The smallest absolute Gasteiger partial charge is 0.257 e. The van der Waals surface area contributed by atoms with Crippen LogP contribution in [-0.2, 0) is 9.53 Å². The van der Waals surface area contributed by atoms with Crippen molar-refractivity contribution in [3.05, 3.63) is 34.9 Å². The Morgan fingerprint density at radius 1 is 1.26 bits per heavy atom. The van der Waals surface area contributed by atoms with Gasteiger partial charge in [-0.15, -0.1) is 10.2 Å². The number of carbonyl (C=O) groups is 2. The van der Waals surface area contributed by atoms with Gasteiger partial charge in [0, 0.05) is 18.7 Å². The van der Waals surface area contributed by atoms with Gasteiger partial charge in [-0.3, -0.25) is 14.9 Å². The van der Waals surface area contributed by atoms with Gasteiger partial charge in [-0.25, -0.2) is 0 Å². The number of aryl methyl sites for hydroxylation is 2. The summed E-state index contributed by atoms with van der Waals surface area (Å²) in [7, 11) is 0. The molecule has 2 aromatic rings. The summed E-state index contributed by atoms with van der Waals surface area (Å²) in [4.78, 5) is 24.3. The van der Waals surface area contributed by atoms with Gasteiger partial charge in [-0.1, -0.05) is 40.3 Å². The third kappa shape index (κ3) is 6.02. The minimum absolute atomic E-state index is 0.0634. The lowest BCUT2D eigenvalue weighted by molar-refractivity contribution is -0.119. The van der Waals surface area contributed by atoms with Crippen LogP contribution in [0.3, 0.4) is 0 Å². The molecule has 27 heavy (non-hydrogen) atoms. The van der Waals surface area contributed by atoms with Gasteiger partial charge in [0.15, 0.2) is 4.34 Å². The molecule has 1 atom stereocenters. The number of benzene rings is 1. The molecule has 1 aromatic heterocycles. The fraction of sp³-hybridized carbons (Fsp3) is 0.444. The minimum atomic E-state index is -0.219. The van der Waals surface area contributed by atoms with Gasteiger partial charge < -0.3 is 10.1 Å². The molecule has 2 N–H and O–H groups in total. The first-order valence-electron chi connectivity index (χ1n) is 8.74. The molecule has 1 saturated heterocycles. The molecule has 0 bridgehead atoms. The van der Waals surface area contributed by atoms with E-state index in [1.54, 1.807) is 0 Å². The van der Waals surface area contributed by atoms with Crippen LogP contribution >= 0.6 is 23.1 Å². The summed E-state index contributed by atoms with van der Waals surface area (Å²) in [5.74, 6) is -0.0258. The highest BCUT2D eigenvalue weighted by Crippen LogP contribution is 2.25. The second kappa shape index (κ2) is 9.29. The molecule has 0 radical (unpaired) electrons.